The van der Waals surface area contributed by atoms with Gasteiger partial charge in [0.15, 0.2) is 9.84 Å². The lowest BCUT2D eigenvalue weighted by Crippen LogP contribution is -2.29. The Labute approximate surface area is 92.4 Å². The van der Waals surface area contributed by atoms with Crippen molar-refractivity contribution < 1.29 is 8.42 Å². The lowest BCUT2D eigenvalue weighted by molar-refractivity contribution is 0.540. The van der Waals surface area contributed by atoms with Crippen LogP contribution in [0.25, 0.3) is 0 Å². The minimum atomic E-state index is -3.06. The second-order valence-corrected chi connectivity index (χ2v) is 6.81. The maximum atomic E-state index is 12.0. The molecule has 0 N–H and O–H groups in total. The smallest absolute Gasteiger partial charge is 0.154 e. The van der Waals surface area contributed by atoms with E-state index in [1.165, 1.54) is 0 Å². The van der Waals surface area contributed by atoms with Crippen LogP contribution in [0.2, 0.25) is 0 Å². The van der Waals surface area contributed by atoms with Crippen LogP contribution < -0.4 is 0 Å². The highest BCUT2D eigenvalue weighted by molar-refractivity contribution is 7.92. The van der Waals surface area contributed by atoms with Gasteiger partial charge in [-0.15, -0.1) is 0 Å². The summed E-state index contributed by atoms with van der Waals surface area (Å²) in [4.78, 5) is 0. The number of nitrogens with zero attached hydrogens (tertiary/aromatic N) is 1. The molecule has 0 aromatic carbocycles. The first-order valence-electron chi connectivity index (χ1n) is 5.62. The van der Waals surface area contributed by atoms with Crippen molar-refractivity contribution in [2.75, 3.05) is 5.75 Å². The van der Waals surface area contributed by atoms with Crippen LogP contribution in [0.3, 0.4) is 0 Å². The molecular weight excluding hydrogens is 210 g/mol. The van der Waals surface area contributed by atoms with Gasteiger partial charge in [0, 0.05) is 0 Å². The number of hydrogen-bond donors (Lipinski definition) is 0. The molecule has 3 atom stereocenters. The summed E-state index contributed by atoms with van der Waals surface area (Å²) < 4.78 is 24.0. The van der Waals surface area contributed by atoms with Gasteiger partial charge in [-0.1, -0.05) is 26.7 Å². The zero-order valence-electron chi connectivity index (χ0n) is 9.44. The van der Waals surface area contributed by atoms with Crippen molar-refractivity contribution in [1.29, 1.82) is 5.26 Å². The first kappa shape index (κ1) is 12.5. The van der Waals surface area contributed by atoms with E-state index in [-0.39, 0.29) is 17.6 Å². The monoisotopic (exact) mass is 229 g/mol. The molecule has 1 saturated carbocycles. The van der Waals surface area contributed by atoms with Crippen molar-refractivity contribution in [2.24, 2.45) is 11.8 Å². The predicted molar refractivity (Wildman–Crippen MR) is 60.0 cm³/mol. The third-order valence-electron chi connectivity index (χ3n) is 3.29. The van der Waals surface area contributed by atoms with Crippen LogP contribution in [0, 0.1) is 23.2 Å². The van der Waals surface area contributed by atoms with E-state index in [1.807, 2.05) is 13.8 Å². The third-order valence-corrected chi connectivity index (χ3v) is 5.81. The Morgan fingerprint density at radius 1 is 1.47 bits per heavy atom. The molecule has 0 aromatic heterocycles. The van der Waals surface area contributed by atoms with E-state index in [9.17, 15) is 8.42 Å². The molecule has 1 aliphatic rings. The summed E-state index contributed by atoms with van der Waals surface area (Å²) in [5, 5.41) is 8.48. The molecule has 15 heavy (non-hydrogen) atoms. The minimum absolute atomic E-state index is 0.204. The molecule has 0 aromatic rings. The maximum Gasteiger partial charge on any atom is 0.154 e. The minimum Gasteiger partial charge on any atom is -0.228 e. The van der Waals surface area contributed by atoms with Gasteiger partial charge in [-0.2, -0.15) is 5.26 Å². The Kier molecular flexibility index (Phi) is 4.15. The third kappa shape index (κ3) is 2.94. The standard InChI is InChI=1S/C11H19NO2S/c1-3-9(2)8-15(13,14)11-6-4-5-10(11)7-12/h9-11H,3-6,8H2,1-2H3. The summed E-state index contributed by atoms with van der Waals surface area (Å²) in [5.74, 6) is 0.181. The van der Waals surface area contributed by atoms with Crippen LogP contribution in [0.4, 0.5) is 0 Å². The summed E-state index contributed by atoms with van der Waals surface area (Å²) in [6, 6.07) is 2.13. The number of nitriles is 1. The van der Waals surface area contributed by atoms with E-state index in [2.05, 4.69) is 6.07 Å². The molecule has 0 bridgehead atoms. The highest BCUT2D eigenvalue weighted by Crippen LogP contribution is 2.31. The normalized spacial score (nSPS) is 28.6. The molecule has 0 saturated heterocycles. The number of rotatable bonds is 4. The average molecular weight is 229 g/mol. The van der Waals surface area contributed by atoms with E-state index < -0.39 is 15.1 Å². The van der Waals surface area contributed by atoms with Crippen molar-refractivity contribution in [3.05, 3.63) is 0 Å². The first-order chi connectivity index (χ1) is 7.01. The Bertz CT molecular complexity index is 342. The van der Waals surface area contributed by atoms with Gasteiger partial charge in [0.1, 0.15) is 0 Å². The molecule has 1 aliphatic carbocycles. The van der Waals surface area contributed by atoms with Crippen molar-refractivity contribution in [2.45, 2.75) is 44.8 Å². The second kappa shape index (κ2) is 4.98. The van der Waals surface area contributed by atoms with Gasteiger partial charge in [-0.05, 0) is 18.8 Å². The van der Waals surface area contributed by atoms with Gasteiger partial charge in [0.2, 0.25) is 0 Å². The molecule has 0 aliphatic heterocycles. The van der Waals surface area contributed by atoms with Gasteiger partial charge in [0.05, 0.1) is 23.0 Å². The first-order valence-corrected chi connectivity index (χ1v) is 7.34. The topological polar surface area (TPSA) is 57.9 Å². The summed E-state index contributed by atoms with van der Waals surface area (Å²) >= 11 is 0. The zero-order chi connectivity index (χ0) is 11.5. The fourth-order valence-electron chi connectivity index (χ4n) is 2.14. The molecule has 0 spiro atoms. The molecule has 3 nitrogen and oxygen atoms in total. The molecule has 86 valence electrons. The Morgan fingerprint density at radius 3 is 2.67 bits per heavy atom. The van der Waals surface area contributed by atoms with Crippen molar-refractivity contribution in [3.8, 4) is 6.07 Å². The highest BCUT2D eigenvalue weighted by atomic mass is 32.2. The lowest BCUT2D eigenvalue weighted by atomic mass is 10.1. The Morgan fingerprint density at radius 2 is 2.13 bits per heavy atom. The van der Waals surface area contributed by atoms with Gasteiger partial charge in [-0.3, -0.25) is 0 Å². The summed E-state index contributed by atoms with van der Waals surface area (Å²) in [6.45, 7) is 3.95. The second-order valence-electron chi connectivity index (χ2n) is 4.55. The quantitative estimate of drug-likeness (QED) is 0.742. The van der Waals surface area contributed by atoms with Crippen molar-refractivity contribution >= 4 is 9.84 Å². The largest absolute Gasteiger partial charge is 0.228 e. The highest BCUT2D eigenvalue weighted by Gasteiger charge is 2.37. The zero-order valence-corrected chi connectivity index (χ0v) is 10.3. The number of sulfone groups is 1. The van der Waals surface area contributed by atoms with Crippen LogP contribution in [0.5, 0.6) is 0 Å². The van der Waals surface area contributed by atoms with E-state index >= 15 is 0 Å². The van der Waals surface area contributed by atoms with Crippen LogP contribution in [0.1, 0.15) is 39.5 Å². The molecule has 1 rings (SSSR count). The molecule has 4 heteroatoms. The van der Waals surface area contributed by atoms with Crippen LogP contribution in [0.15, 0.2) is 0 Å². The lowest BCUT2D eigenvalue weighted by Gasteiger charge is -2.17. The summed E-state index contributed by atoms with van der Waals surface area (Å²) in [6.07, 6.45) is 3.18. The number of hydrogen-bond acceptors (Lipinski definition) is 3. The van der Waals surface area contributed by atoms with Crippen molar-refractivity contribution in [3.63, 3.8) is 0 Å². The van der Waals surface area contributed by atoms with E-state index in [4.69, 9.17) is 5.26 Å². The predicted octanol–water partition coefficient (Wildman–Crippen LogP) is 2.14. The molecular formula is C11H19NO2S. The average Bonchev–Trinajstić information content (AvgIpc) is 2.65. The van der Waals surface area contributed by atoms with Crippen LogP contribution in [-0.4, -0.2) is 19.4 Å². The van der Waals surface area contributed by atoms with Crippen LogP contribution >= 0.6 is 0 Å². The molecule has 0 radical (unpaired) electrons. The maximum absolute atomic E-state index is 12.0. The van der Waals surface area contributed by atoms with Gasteiger partial charge < -0.3 is 0 Å². The SMILES string of the molecule is CCC(C)CS(=O)(=O)C1CCCC1C#N. The fraction of sp³-hybridized carbons (Fsp3) is 0.909. The Balaban J connectivity index is 2.74. The van der Waals surface area contributed by atoms with Gasteiger partial charge in [0.25, 0.3) is 0 Å². The Hall–Kier alpha value is -0.560. The summed E-state index contributed by atoms with van der Waals surface area (Å²) in [5.41, 5.74) is 0. The molecule has 0 heterocycles. The van der Waals surface area contributed by atoms with Crippen LogP contribution in [-0.2, 0) is 9.84 Å². The molecule has 3 unspecified atom stereocenters. The summed E-state index contributed by atoms with van der Waals surface area (Å²) in [7, 11) is -3.06. The van der Waals surface area contributed by atoms with Gasteiger partial charge >= 0.3 is 0 Å². The molecule has 1 fully saturated rings. The van der Waals surface area contributed by atoms with E-state index in [0.717, 1.165) is 19.3 Å². The van der Waals surface area contributed by atoms with E-state index in [1.54, 1.807) is 0 Å². The van der Waals surface area contributed by atoms with E-state index in [0.29, 0.717) is 6.42 Å². The van der Waals surface area contributed by atoms with Crippen molar-refractivity contribution in [1.82, 2.24) is 0 Å². The fourth-order valence-corrected chi connectivity index (χ4v) is 4.64. The van der Waals surface area contributed by atoms with Gasteiger partial charge in [-0.25, -0.2) is 8.42 Å². The molecule has 0 amide bonds.